The van der Waals surface area contributed by atoms with E-state index in [-0.39, 0.29) is 0 Å². The van der Waals surface area contributed by atoms with Gasteiger partial charge in [0.15, 0.2) is 0 Å². The minimum absolute atomic E-state index is 0.468. The highest BCUT2D eigenvalue weighted by Crippen LogP contribution is 2.32. The van der Waals surface area contributed by atoms with Crippen molar-refractivity contribution >= 4 is 0 Å². The third-order valence-corrected chi connectivity index (χ3v) is 4.05. The van der Waals surface area contributed by atoms with Crippen molar-refractivity contribution < 1.29 is 9.26 Å². The second-order valence-electron chi connectivity index (χ2n) is 4.69. The first-order valence-corrected chi connectivity index (χ1v) is 6.70. The van der Waals surface area contributed by atoms with Gasteiger partial charge in [0.1, 0.15) is 5.60 Å². The number of methoxy groups -OCH3 is 1. The van der Waals surface area contributed by atoms with Gasteiger partial charge in [-0.2, -0.15) is 4.98 Å². The van der Waals surface area contributed by atoms with Gasteiger partial charge in [0, 0.05) is 7.11 Å². The van der Waals surface area contributed by atoms with Crippen LogP contribution in [0.5, 0.6) is 0 Å². The third kappa shape index (κ3) is 2.42. The molecule has 0 saturated carbocycles. The van der Waals surface area contributed by atoms with Gasteiger partial charge in [-0.15, -0.1) is 0 Å². The minimum Gasteiger partial charge on any atom is -0.370 e. The minimum atomic E-state index is -0.536. The zero-order chi connectivity index (χ0) is 13.8. The smallest absolute Gasteiger partial charge is 0.246 e. The molecule has 0 amide bonds. The molecule has 1 rings (SSSR count). The molecule has 0 radical (unpaired) electrons. The molecule has 0 bridgehead atoms. The lowest BCUT2D eigenvalue weighted by Crippen LogP contribution is -2.36. The van der Waals surface area contributed by atoms with E-state index < -0.39 is 11.1 Å². The zero-order valence-corrected chi connectivity index (χ0v) is 12.1. The second-order valence-corrected chi connectivity index (χ2v) is 4.69. The molecule has 104 valence electrons. The molecule has 0 spiro atoms. The molecule has 0 unspecified atom stereocenters. The molecule has 0 saturated heterocycles. The average molecular weight is 255 g/mol. The summed E-state index contributed by atoms with van der Waals surface area (Å²) in [6.07, 6.45) is 3.14. The van der Waals surface area contributed by atoms with Crippen molar-refractivity contribution in [2.45, 2.75) is 64.5 Å². The maximum atomic E-state index is 6.26. The van der Waals surface area contributed by atoms with Gasteiger partial charge in [0.25, 0.3) is 0 Å². The molecule has 5 nitrogen and oxygen atoms in total. The van der Waals surface area contributed by atoms with Gasteiger partial charge >= 0.3 is 0 Å². The van der Waals surface area contributed by atoms with E-state index in [2.05, 4.69) is 24.0 Å². The molecule has 1 heterocycles. The van der Waals surface area contributed by atoms with Crippen LogP contribution in [-0.4, -0.2) is 17.3 Å². The van der Waals surface area contributed by atoms with E-state index in [1.807, 2.05) is 13.8 Å². The highest BCUT2D eigenvalue weighted by atomic mass is 16.5. The molecule has 18 heavy (non-hydrogen) atoms. The van der Waals surface area contributed by atoms with E-state index in [1.54, 1.807) is 7.11 Å². The number of aromatic nitrogens is 2. The molecular weight excluding hydrogens is 230 g/mol. The monoisotopic (exact) mass is 255 g/mol. The molecule has 0 aliphatic carbocycles. The van der Waals surface area contributed by atoms with E-state index in [4.69, 9.17) is 15.0 Å². The van der Waals surface area contributed by atoms with Crippen molar-refractivity contribution in [1.29, 1.82) is 0 Å². The van der Waals surface area contributed by atoms with Gasteiger partial charge in [-0.3, -0.25) is 0 Å². The Hall–Kier alpha value is -0.940. The number of hydrogen-bond donors (Lipinski definition) is 1. The van der Waals surface area contributed by atoms with Crippen LogP contribution in [-0.2, 0) is 15.9 Å². The zero-order valence-electron chi connectivity index (χ0n) is 12.1. The molecule has 0 atom stereocenters. The summed E-state index contributed by atoms with van der Waals surface area (Å²) in [7, 11) is 1.68. The van der Waals surface area contributed by atoms with Crippen LogP contribution >= 0.6 is 0 Å². The van der Waals surface area contributed by atoms with Crippen molar-refractivity contribution in [3.05, 3.63) is 11.7 Å². The molecule has 2 N–H and O–H groups in total. The summed E-state index contributed by atoms with van der Waals surface area (Å²) in [6.45, 7) is 8.16. The Kier molecular flexibility index (Phi) is 4.87. The molecule has 0 aromatic carbocycles. The number of ether oxygens (including phenoxy) is 1. The summed E-state index contributed by atoms with van der Waals surface area (Å²) >= 11 is 0. The third-order valence-electron chi connectivity index (χ3n) is 4.05. The van der Waals surface area contributed by atoms with Crippen LogP contribution < -0.4 is 5.73 Å². The fraction of sp³-hybridized carbons (Fsp3) is 0.846. The average Bonchev–Trinajstić information content (AvgIpc) is 2.91. The molecule has 0 fully saturated rings. The fourth-order valence-corrected chi connectivity index (χ4v) is 2.11. The Morgan fingerprint density at radius 3 is 2.06 bits per heavy atom. The molecular formula is C13H25N3O2. The Labute approximate surface area is 109 Å². The summed E-state index contributed by atoms with van der Waals surface area (Å²) in [5.74, 6) is 1.10. The van der Waals surface area contributed by atoms with E-state index in [0.29, 0.717) is 11.7 Å². The Bertz CT molecular complexity index is 360. The maximum absolute atomic E-state index is 6.26. The Morgan fingerprint density at radius 1 is 1.11 bits per heavy atom. The van der Waals surface area contributed by atoms with E-state index >= 15 is 0 Å². The van der Waals surface area contributed by atoms with Crippen LogP contribution in [0.2, 0.25) is 0 Å². The predicted octanol–water partition coefficient (Wildman–Crippen LogP) is 2.71. The van der Waals surface area contributed by atoms with Crippen molar-refractivity contribution in [1.82, 2.24) is 10.1 Å². The number of rotatable bonds is 7. The molecule has 5 heteroatoms. The molecule has 0 aliphatic rings. The Balaban J connectivity index is 3.12. The topological polar surface area (TPSA) is 74.2 Å². The fourth-order valence-electron chi connectivity index (χ4n) is 2.11. The summed E-state index contributed by atoms with van der Waals surface area (Å²) in [5.41, 5.74) is 5.26. The van der Waals surface area contributed by atoms with Gasteiger partial charge < -0.3 is 15.0 Å². The Morgan fingerprint density at radius 2 is 1.67 bits per heavy atom. The van der Waals surface area contributed by atoms with Crippen molar-refractivity contribution in [2.75, 3.05) is 7.11 Å². The predicted molar refractivity (Wildman–Crippen MR) is 70.0 cm³/mol. The van der Waals surface area contributed by atoms with Crippen molar-refractivity contribution in [3.8, 4) is 0 Å². The summed E-state index contributed by atoms with van der Waals surface area (Å²) in [4.78, 5) is 4.48. The van der Waals surface area contributed by atoms with Gasteiger partial charge in [-0.25, -0.2) is 0 Å². The van der Waals surface area contributed by atoms with Crippen LogP contribution in [0.1, 0.15) is 65.1 Å². The first-order chi connectivity index (χ1) is 8.51. The van der Waals surface area contributed by atoms with Gasteiger partial charge in [-0.1, -0.05) is 32.9 Å². The van der Waals surface area contributed by atoms with Gasteiger partial charge in [0.2, 0.25) is 11.7 Å². The van der Waals surface area contributed by atoms with Crippen LogP contribution in [0.3, 0.4) is 0 Å². The number of hydrogen-bond acceptors (Lipinski definition) is 5. The lowest BCUT2D eigenvalue weighted by molar-refractivity contribution is -0.0306. The normalized spacial score (nSPS) is 13.0. The lowest BCUT2D eigenvalue weighted by Gasteiger charge is -2.26. The highest BCUT2D eigenvalue weighted by Gasteiger charge is 2.37. The largest absolute Gasteiger partial charge is 0.370 e. The first-order valence-electron chi connectivity index (χ1n) is 6.70. The SMILES string of the molecule is CCC(N)(CC)c1nc(C(CC)(CC)OC)no1. The summed E-state index contributed by atoms with van der Waals surface area (Å²) in [5, 5.41) is 4.07. The van der Waals surface area contributed by atoms with Crippen LogP contribution in [0.15, 0.2) is 4.52 Å². The van der Waals surface area contributed by atoms with Crippen LogP contribution in [0.4, 0.5) is 0 Å². The second kappa shape index (κ2) is 5.80. The number of nitrogens with zero attached hydrogens (tertiary/aromatic N) is 2. The van der Waals surface area contributed by atoms with Crippen molar-refractivity contribution in [3.63, 3.8) is 0 Å². The molecule has 1 aromatic rings. The van der Waals surface area contributed by atoms with E-state index in [9.17, 15) is 0 Å². The van der Waals surface area contributed by atoms with E-state index in [1.165, 1.54) is 0 Å². The van der Waals surface area contributed by atoms with Gasteiger partial charge in [0.05, 0.1) is 5.54 Å². The molecule has 1 aromatic heterocycles. The van der Waals surface area contributed by atoms with Crippen LogP contribution in [0.25, 0.3) is 0 Å². The molecule has 0 aliphatic heterocycles. The standard InChI is InChI=1S/C13H25N3O2/c1-6-12(14,7-2)11-15-10(16-18-11)13(8-3,9-4)17-5/h6-9,14H2,1-5H3. The van der Waals surface area contributed by atoms with Crippen LogP contribution in [0, 0.1) is 0 Å². The lowest BCUT2D eigenvalue weighted by atomic mass is 9.93. The highest BCUT2D eigenvalue weighted by molar-refractivity contribution is 5.06. The first kappa shape index (κ1) is 15.1. The van der Waals surface area contributed by atoms with Crippen molar-refractivity contribution in [2.24, 2.45) is 5.73 Å². The van der Waals surface area contributed by atoms with Gasteiger partial charge in [-0.05, 0) is 25.7 Å². The summed E-state index contributed by atoms with van der Waals surface area (Å²) < 4.78 is 10.9. The quantitative estimate of drug-likeness (QED) is 0.810. The maximum Gasteiger partial charge on any atom is 0.246 e. The van der Waals surface area contributed by atoms with E-state index in [0.717, 1.165) is 25.7 Å². The summed E-state index contributed by atoms with van der Waals surface area (Å²) in [6, 6.07) is 0. The number of nitrogens with two attached hydrogens (primary N) is 1.